The fourth-order valence-corrected chi connectivity index (χ4v) is 7.47. The number of halogens is 3. The topological polar surface area (TPSA) is 98.8 Å². The second kappa shape index (κ2) is 11.6. The quantitative estimate of drug-likeness (QED) is 0.147. The Labute approximate surface area is 228 Å². The highest BCUT2D eigenvalue weighted by molar-refractivity contribution is 7.87. The molecule has 3 aliphatic carbocycles. The van der Waals surface area contributed by atoms with Gasteiger partial charge >= 0.3 is 15.6 Å². The molecular weight excluding hydrogens is 545 g/mol. The van der Waals surface area contributed by atoms with E-state index in [1.165, 1.54) is 20.3 Å². The Balaban J connectivity index is 1.70. The molecule has 9 nitrogen and oxygen atoms in total. The minimum atomic E-state index is -5.94. The summed E-state index contributed by atoms with van der Waals surface area (Å²) >= 11 is 0. The van der Waals surface area contributed by atoms with Gasteiger partial charge in [0.25, 0.3) is 0 Å². The Hall–Kier alpha value is -1.22. The number of ether oxygens (including phenoxy) is 6. The molecule has 3 fully saturated rings. The predicted octanol–water partition coefficient (Wildman–Crippen LogP) is 4.78. The van der Waals surface area contributed by atoms with E-state index < -0.39 is 38.3 Å². The number of rotatable bonds is 11. The van der Waals surface area contributed by atoms with Crippen molar-refractivity contribution in [3.8, 4) is 0 Å². The van der Waals surface area contributed by atoms with Gasteiger partial charge in [-0.05, 0) is 50.5 Å². The molecule has 1 heterocycles. The number of allylic oxidation sites excluding steroid dienone is 2. The van der Waals surface area contributed by atoms with Crippen LogP contribution in [0.2, 0.25) is 0 Å². The summed E-state index contributed by atoms with van der Waals surface area (Å²) in [4.78, 5) is 0. The first-order chi connectivity index (χ1) is 18.3. The van der Waals surface area contributed by atoms with Crippen LogP contribution in [0.4, 0.5) is 13.2 Å². The van der Waals surface area contributed by atoms with Crippen LogP contribution in [0.3, 0.4) is 0 Å². The molecule has 1 saturated heterocycles. The van der Waals surface area contributed by atoms with Crippen LogP contribution in [-0.2, 0) is 42.7 Å². The molecule has 0 bridgehead atoms. The number of hydrogen-bond acceptors (Lipinski definition) is 9. The van der Waals surface area contributed by atoms with Gasteiger partial charge in [0.1, 0.15) is 24.9 Å². The molecule has 5 atom stereocenters. The van der Waals surface area contributed by atoms with E-state index in [0.717, 1.165) is 5.57 Å². The van der Waals surface area contributed by atoms with Crippen LogP contribution in [0.5, 0.6) is 0 Å². The third kappa shape index (κ3) is 5.91. The molecule has 224 valence electrons. The number of hydrogen-bond donors (Lipinski definition) is 0. The van der Waals surface area contributed by atoms with Crippen LogP contribution in [-0.4, -0.2) is 72.4 Å². The van der Waals surface area contributed by atoms with Crippen molar-refractivity contribution in [1.82, 2.24) is 0 Å². The van der Waals surface area contributed by atoms with Crippen molar-refractivity contribution < 1.29 is 54.2 Å². The maximum Gasteiger partial charge on any atom is 0.534 e. The van der Waals surface area contributed by atoms with Gasteiger partial charge in [-0.3, -0.25) is 0 Å². The minimum absolute atomic E-state index is 0.0540. The van der Waals surface area contributed by atoms with Crippen LogP contribution in [0.15, 0.2) is 24.0 Å². The van der Waals surface area contributed by atoms with E-state index >= 15 is 0 Å². The third-order valence-electron chi connectivity index (χ3n) is 8.90. The lowest BCUT2D eigenvalue weighted by atomic mass is 9.61. The molecule has 0 amide bonds. The van der Waals surface area contributed by atoms with Crippen LogP contribution >= 0.6 is 0 Å². The fraction of sp³-hybridized carbons (Fsp3) is 0.846. The Morgan fingerprint density at radius 2 is 1.82 bits per heavy atom. The summed E-state index contributed by atoms with van der Waals surface area (Å²) in [6, 6.07) is 0. The first kappa shape index (κ1) is 30.7. The monoisotopic (exact) mass is 584 g/mol. The van der Waals surface area contributed by atoms with Crippen molar-refractivity contribution in [2.45, 2.75) is 81.3 Å². The lowest BCUT2D eigenvalue weighted by molar-refractivity contribution is -0.196. The van der Waals surface area contributed by atoms with Crippen LogP contribution < -0.4 is 0 Å². The summed E-state index contributed by atoms with van der Waals surface area (Å²) in [7, 11) is -3.03. The summed E-state index contributed by atoms with van der Waals surface area (Å²) in [6.07, 6.45) is 5.02. The second-order valence-electron chi connectivity index (χ2n) is 11.1. The summed E-state index contributed by atoms with van der Waals surface area (Å²) in [6.45, 7) is 7.00. The van der Waals surface area contributed by atoms with Crippen molar-refractivity contribution in [1.29, 1.82) is 0 Å². The van der Waals surface area contributed by atoms with Gasteiger partial charge in [0, 0.05) is 38.4 Å². The standard InChI is InChI=1S/C26H39F3O9S/c1-18-7-11-24(35-13-14-36-24)15-19(18)8-12-25(37-17-33-4)20-5-6-21(34-16-32-3)23(20,2)10-9-22(25)38-39(30,31)26(27,28)29/h9,19-21H,1,5-8,10-17H2,2-4H3/t19?,20-,21+,23+,25+/m1/s1. The van der Waals surface area contributed by atoms with Gasteiger partial charge in [-0.15, -0.1) is 0 Å². The summed E-state index contributed by atoms with van der Waals surface area (Å²) in [5.41, 5.74) is -6.71. The van der Waals surface area contributed by atoms with Gasteiger partial charge in [-0.2, -0.15) is 21.6 Å². The zero-order valence-electron chi connectivity index (χ0n) is 22.7. The fourth-order valence-electron chi connectivity index (χ4n) is 6.93. The minimum Gasteiger partial charge on any atom is -0.378 e. The predicted molar refractivity (Wildman–Crippen MR) is 132 cm³/mol. The van der Waals surface area contributed by atoms with Crippen molar-refractivity contribution >= 4 is 10.1 Å². The molecule has 4 rings (SSSR count). The summed E-state index contributed by atoms with van der Waals surface area (Å²) < 4.78 is 104. The maximum atomic E-state index is 13.5. The van der Waals surface area contributed by atoms with Crippen LogP contribution in [0, 0.1) is 17.3 Å². The molecule has 1 spiro atoms. The first-order valence-corrected chi connectivity index (χ1v) is 14.6. The second-order valence-corrected chi connectivity index (χ2v) is 12.6. The summed E-state index contributed by atoms with van der Waals surface area (Å²) in [5, 5.41) is 0. The molecule has 13 heteroatoms. The molecule has 0 radical (unpaired) electrons. The van der Waals surface area contributed by atoms with E-state index in [2.05, 4.69) is 6.58 Å². The van der Waals surface area contributed by atoms with Crippen molar-refractivity contribution in [2.24, 2.45) is 17.3 Å². The first-order valence-electron chi connectivity index (χ1n) is 13.2. The van der Waals surface area contributed by atoms with Crippen molar-refractivity contribution in [2.75, 3.05) is 41.0 Å². The molecule has 1 unspecified atom stereocenters. The average Bonchev–Trinajstić information content (AvgIpc) is 3.47. The molecule has 1 aliphatic heterocycles. The maximum absolute atomic E-state index is 13.5. The van der Waals surface area contributed by atoms with E-state index in [0.29, 0.717) is 51.7 Å². The Morgan fingerprint density at radius 3 is 2.46 bits per heavy atom. The van der Waals surface area contributed by atoms with E-state index in [1.54, 1.807) is 0 Å². The smallest absolute Gasteiger partial charge is 0.378 e. The lowest BCUT2D eigenvalue weighted by Crippen LogP contribution is -2.54. The largest absolute Gasteiger partial charge is 0.534 e. The molecule has 0 N–H and O–H groups in total. The Bertz CT molecular complexity index is 1020. The van der Waals surface area contributed by atoms with E-state index in [1.807, 2.05) is 6.92 Å². The van der Waals surface area contributed by atoms with Gasteiger partial charge in [0.2, 0.25) is 0 Å². The van der Waals surface area contributed by atoms with E-state index in [-0.39, 0.29) is 44.2 Å². The molecule has 0 aromatic carbocycles. The molecular formula is C26H39F3O9S. The van der Waals surface area contributed by atoms with E-state index in [9.17, 15) is 21.6 Å². The van der Waals surface area contributed by atoms with Gasteiger partial charge < -0.3 is 32.6 Å². The number of methoxy groups -OCH3 is 2. The van der Waals surface area contributed by atoms with Crippen LogP contribution in [0.1, 0.15) is 58.3 Å². The lowest BCUT2D eigenvalue weighted by Gasteiger charge is -2.51. The molecule has 0 aromatic rings. The molecule has 4 aliphatic rings. The van der Waals surface area contributed by atoms with Crippen molar-refractivity contribution in [3.63, 3.8) is 0 Å². The highest BCUT2D eigenvalue weighted by Crippen LogP contribution is 2.60. The highest BCUT2D eigenvalue weighted by Gasteiger charge is 2.63. The van der Waals surface area contributed by atoms with Crippen molar-refractivity contribution in [3.05, 3.63) is 24.0 Å². The highest BCUT2D eigenvalue weighted by atomic mass is 32.2. The molecule has 39 heavy (non-hydrogen) atoms. The average molecular weight is 585 g/mol. The number of alkyl halides is 3. The SMILES string of the molecule is C=C1CCC2(CC1CC[C@@]1(OCOC)C(OS(=O)(=O)C(F)(F)F)=CC[C@]3(C)[C@@H](OCOC)CC[C@H]31)OCCO2. The third-order valence-corrected chi connectivity index (χ3v) is 9.87. The van der Waals surface area contributed by atoms with Gasteiger partial charge in [-0.1, -0.05) is 19.1 Å². The van der Waals surface area contributed by atoms with Gasteiger partial charge in [-0.25, -0.2) is 0 Å². The van der Waals surface area contributed by atoms with Gasteiger partial charge in [0.15, 0.2) is 5.79 Å². The molecule has 0 aromatic heterocycles. The van der Waals surface area contributed by atoms with Crippen LogP contribution in [0.25, 0.3) is 0 Å². The zero-order chi connectivity index (χ0) is 28.5. The van der Waals surface area contributed by atoms with Gasteiger partial charge in [0.05, 0.1) is 19.3 Å². The Kier molecular flexibility index (Phi) is 9.12. The normalized spacial score (nSPS) is 34.8. The van der Waals surface area contributed by atoms with E-state index in [4.69, 9.17) is 32.6 Å². The number of fused-ring (bicyclic) bond motifs is 1. The zero-order valence-corrected chi connectivity index (χ0v) is 23.5. The molecule has 2 saturated carbocycles. The summed E-state index contributed by atoms with van der Waals surface area (Å²) in [5.74, 6) is -1.56. The Morgan fingerprint density at radius 1 is 1.13 bits per heavy atom.